The summed E-state index contributed by atoms with van der Waals surface area (Å²) in [6.45, 7) is 0.959. The summed E-state index contributed by atoms with van der Waals surface area (Å²) in [6.07, 6.45) is 1.76. The first kappa shape index (κ1) is 22.3. The van der Waals surface area contributed by atoms with Crippen LogP contribution in [-0.2, 0) is 13.1 Å². The Morgan fingerprint density at radius 3 is 2.59 bits per heavy atom. The molecule has 0 aliphatic carbocycles. The third-order valence-electron chi connectivity index (χ3n) is 5.20. The zero-order chi connectivity index (χ0) is 23.5. The molecule has 0 atom stereocenters. The predicted molar refractivity (Wildman–Crippen MR) is 138 cm³/mol. The van der Waals surface area contributed by atoms with Gasteiger partial charge in [-0.2, -0.15) is 9.78 Å². The molecule has 0 spiro atoms. The van der Waals surface area contributed by atoms with Crippen LogP contribution < -0.4 is 10.9 Å². The Balaban J connectivity index is 1.52. The van der Waals surface area contributed by atoms with Gasteiger partial charge in [-0.25, -0.2) is 0 Å². The molecule has 4 heterocycles. The number of hydrogen-bond donors (Lipinski definition) is 1. The second kappa shape index (κ2) is 9.80. The highest BCUT2D eigenvalue weighted by Crippen LogP contribution is 2.25. The molecule has 1 aromatic carbocycles. The number of hydrogen-bond acceptors (Lipinski definition) is 6. The number of carbonyl (C=O) groups is 1. The minimum absolute atomic E-state index is 0.163. The van der Waals surface area contributed by atoms with Crippen LogP contribution >= 0.6 is 34.3 Å². The Hall–Kier alpha value is -3.46. The molecule has 1 N–H and O–H groups in total. The monoisotopic (exact) mass is 506 g/mol. The van der Waals surface area contributed by atoms with Crippen LogP contribution in [0.15, 0.2) is 89.2 Å². The van der Waals surface area contributed by atoms with Gasteiger partial charge in [0, 0.05) is 27.6 Å². The Morgan fingerprint density at radius 1 is 1.00 bits per heavy atom. The first-order chi connectivity index (χ1) is 16.6. The van der Waals surface area contributed by atoms with Crippen molar-refractivity contribution in [1.29, 1.82) is 0 Å². The fraction of sp³-hybridized carbons (Fsp3) is 0.0800. The molecule has 34 heavy (non-hydrogen) atoms. The molecule has 0 amide bonds. The Bertz CT molecular complexity index is 1490. The summed E-state index contributed by atoms with van der Waals surface area (Å²) in [5.74, 6) is 0.217. The van der Waals surface area contributed by atoms with Gasteiger partial charge in [-0.1, -0.05) is 35.9 Å². The van der Waals surface area contributed by atoms with Crippen molar-refractivity contribution < 1.29 is 4.79 Å². The van der Waals surface area contributed by atoms with Gasteiger partial charge < -0.3 is 9.88 Å². The quantitative estimate of drug-likeness (QED) is 0.301. The summed E-state index contributed by atoms with van der Waals surface area (Å²) in [5.41, 5.74) is 1.20. The molecule has 0 saturated heterocycles. The van der Waals surface area contributed by atoms with Crippen LogP contribution in [0, 0.1) is 0 Å². The number of rotatable bonds is 7. The lowest BCUT2D eigenvalue weighted by Crippen LogP contribution is -2.21. The fourth-order valence-electron chi connectivity index (χ4n) is 3.55. The van der Waals surface area contributed by atoms with Crippen LogP contribution in [0.2, 0.25) is 4.34 Å². The Morgan fingerprint density at radius 2 is 1.85 bits per heavy atom. The minimum atomic E-state index is -0.284. The van der Waals surface area contributed by atoms with Gasteiger partial charge in [0.15, 0.2) is 0 Å². The van der Waals surface area contributed by atoms with E-state index in [1.807, 2.05) is 41.8 Å². The van der Waals surface area contributed by atoms with E-state index >= 15 is 0 Å². The average Bonchev–Trinajstić information content (AvgIpc) is 3.61. The van der Waals surface area contributed by atoms with E-state index in [1.54, 1.807) is 58.5 Å². The fourth-order valence-corrected chi connectivity index (χ4v) is 5.28. The third-order valence-corrected chi connectivity index (χ3v) is 7.29. The number of carbonyl (C=O) groups excluding carboxylic acids is 1. The second-order valence-electron chi connectivity index (χ2n) is 7.49. The minimum Gasteiger partial charge on any atom is -0.365 e. The van der Waals surface area contributed by atoms with Crippen LogP contribution in [0.4, 0.5) is 5.82 Å². The van der Waals surface area contributed by atoms with Crippen molar-refractivity contribution in [2.24, 2.45) is 0 Å². The van der Waals surface area contributed by atoms with Gasteiger partial charge >= 0.3 is 0 Å². The molecule has 9 heteroatoms. The van der Waals surface area contributed by atoms with Crippen LogP contribution in [0.5, 0.6) is 0 Å². The van der Waals surface area contributed by atoms with Gasteiger partial charge in [0.25, 0.3) is 11.5 Å². The van der Waals surface area contributed by atoms with E-state index < -0.39 is 0 Å². The zero-order valence-corrected chi connectivity index (χ0v) is 20.2. The standard InChI is InChI=1S/C25H19ClN4O2S2/c26-22-11-10-18(34-22)15-27-23-14-21(28-30(23)24(31)17-6-2-1-3-7-17)20-9-4-12-29(25(20)32)16-19-8-5-13-33-19/h1-14,27H,15-16H2. The van der Waals surface area contributed by atoms with Gasteiger partial charge in [-0.15, -0.1) is 22.7 Å². The molecule has 0 aliphatic rings. The van der Waals surface area contributed by atoms with Crippen LogP contribution in [0.1, 0.15) is 20.1 Å². The molecule has 170 valence electrons. The Labute approximate surface area is 208 Å². The van der Waals surface area contributed by atoms with Crippen molar-refractivity contribution in [3.63, 3.8) is 0 Å². The van der Waals surface area contributed by atoms with Gasteiger partial charge in [0.1, 0.15) is 11.5 Å². The average molecular weight is 507 g/mol. The summed E-state index contributed by atoms with van der Waals surface area (Å²) >= 11 is 9.12. The topological polar surface area (TPSA) is 68.9 Å². The molecule has 5 rings (SSSR count). The highest BCUT2D eigenvalue weighted by Gasteiger charge is 2.19. The van der Waals surface area contributed by atoms with Crippen LogP contribution in [0.25, 0.3) is 11.3 Å². The highest BCUT2D eigenvalue weighted by atomic mass is 35.5. The number of halogens is 1. The molecule has 0 bridgehead atoms. The van der Waals surface area contributed by atoms with Crippen LogP contribution in [0.3, 0.4) is 0 Å². The smallest absolute Gasteiger partial charge is 0.280 e. The summed E-state index contributed by atoms with van der Waals surface area (Å²) in [7, 11) is 0. The number of nitrogens with zero attached hydrogens (tertiary/aromatic N) is 3. The van der Waals surface area contributed by atoms with E-state index in [0.717, 1.165) is 9.75 Å². The second-order valence-corrected chi connectivity index (χ2v) is 10.3. The number of pyridine rings is 1. The van der Waals surface area contributed by atoms with Crippen molar-refractivity contribution in [3.05, 3.63) is 114 Å². The zero-order valence-electron chi connectivity index (χ0n) is 17.8. The van der Waals surface area contributed by atoms with Crippen molar-refractivity contribution in [2.45, 2.75) is 13.1 Å². The first-order valence-corrected chi connectivity index (χ1v) is 12.6. The lowest BCUT2D eigenvalue weighted by molar-refractivity contribution is 0.0948. The van der Waals surface area contributed by atoms with E-state index in [0.29, 0.717) is 40.1 Å². The van der Waals surface area contributed by atoms with E-state index in [9.17, 15) is 9.59 Å². The molecule has 0 saturated carbocycles. The maximum atomic E-state index is 13.3. The highest BCUT2D eigenvalue weighted by molar-refractivity contribution is 7.16. The summed E-state index contributed by atoms with van der Waals surface area (Å²) in [6, 6.07) is 22.0. The number of nitrogens with one attached hydrogen (secondary N) is 1. The maximum Gasteiger partial charge on any atom is 0.280 e. The van der Waals surface area contributed by atoms with Crippen LogP contribution in [-0.4, -0.2) is 20.3 Å². The van der Waals surface area contributed by atoms with Crippen molar-refractivity contribution in [2.75, 3.05) is 5.32 Å². The molecule has 5 aromatic rings. The Kier molecular flexibility index (Phi) is 6.44. The molecule has 0 unspecified atom stereocenters. The predicted octanol–water partition coefficient (Wildman–Crippen LogP) is 5.84. The molecular formula is C25H19ClN4O2S2. The molecule has 0 fully saturated rings. The van der Waals surface area contributed by atoms with E-state index in [2.05, 4.69) is 10.4 Å². The SMILES string of the molecule is O=C(c1ccccc1)n1nc(-c2cccn(Cc3cccs3)c2=O)cc1NCc1ccc(Cl)s1. The lowest BCUT2D eigenvalue weighted by atomic mass is 10.2. The van der Waals surface area contributed by atoms with Gasteiger partial charge in [-0.3, -0.25) is 9.59 Å². The molecule has 4 aromatic heterocycles. The molecule has 0 radical (unpaired) electrons. The van der Waals surface area contributed by atoms with E-state index in [-0.39, 0.29) is 11.5 Å². The van der Waals surface area contributed by atoms with Crippen molar-refractivity contribution in [1.82, 2.24) is 14.3 Å². The third kappa shape index (κ3) is 4.75. The van der Waals surface area contributed by atoms with Gasteiger partial charge in [-0.05, 0) is 47.8 Å². The van der Waals surface area contributed by atoms with E-state index in [1.165, 1.54) is 16.0 Å². The van der Waals surface area contributed by atoms with Gasteiger partial charge in [0.05, 0.1) is 23.0 Å². The van der Waals surface area contributed by atoms with E-state index in [4.69, 9.17) is 11.6 Å². The lowest BCUT2D eigenvalue weighted by Gasteiger charge is -2.08. The normalized spacial score (nSPS) is 11.0. The maximum absolute atomic E-state index is 13.3. The van der Waals surface area contributed by atoms with Crippen molar-refractivity contribution in [3.8, 4) is 11.3 Å². The molecular weight excluding hydrogens is 488 g/mol. The van der Waals surface area contributed by atoms with Gasteiger partial charge in [0.2, 0.25) is 0 Å². The first-order valence-electron chi connectivity index (χ1n) is 10.5. The summed E-state index contributed by atoms with van der Waals surface area (Å²) in [4.78, 5) is 28.6. The number of thiophene rings is 2. The number of anilines is 1. The summed E-state index contributed by atoms with van der Waals surface area (Å²) < 4.78 is 3.66. The number of aromatic nitrogens is 3. The summed E-state index contributed by atoms with van der Waals surface area (Å²) in [5, 5.41) is 9.81. The molecule has 6 nitrogen and oxygen atoms in total. The number of benzene rings is 1. The largest absolute Gasteiger partial charge is 0.365 e. The van der Waals surface area contributed by atoms with Crippen molar-refractivity contribution >= 4 is 46.0 Å². The molecule has 0 aliphatic heterocycles.